The largest absolute Gasteiger partial charge is 0.466 e. The summed E-state index contributed by atoms with van der Waals surface area (Å²) < 4.78 is 5.46. The van der Waals surface area contributed by atoms with E-state index in [0.717, 1.165) is 57.8 Å². The number of rotatable bonds is 54. The zero-order valence-electron chi connectivity index (χ0n) is 43.3. The third kappa shape index (κ3) is 50.0. The molecule has 380 valence electrons. The average molecular weight is 905 g/mol. The molecule has 2 atom stereocenters. The van der Waals surface area contributed by atoms with Crippen molar-refractivity contribution in [3.05, 3.63) is 12.2 Å². The van der Waals surface area contributed by atoms with Crippen LogP contribution in [0.3, 0.4) is 0 Å². The quantitative estimate of drug-likeness (QED) is 0.0321. The van der Waals surface area contributed by atoms with Gasteiger partial charge in [0.2, 0.25) is 5.91 Å². The fourth-order valence-electron chi connectivity index (χ4n) is 9.11. The SMILES string of the molecule is CCCCCCC/C=C\CCCCCCCC(=O)OCCCCCCCCCCCCCCC(=O)NC(CO)C(O)CCCCCCCCCCCCCCCCCCCCCCC. The fraction of sp³-hybridized carbons (Fsp3) is 0.931. The number of unbranched alkanes of at least 4 members (excludes halogenated alkanes) is 41. The van der Waals surface area contributed by atoms with Crippen molar-refractivity contribution in [2.75, 3.05) is 13.2 Å². The highest BCUT2D eigenvalue weighted by Gasteiger charge is 2.20. The zero-order chi connectivity index (χ0) is 46.5. The Morgan fingerprint density at radius 1 is 0.422 bits per heavy atom. The maximum absolute atomic E-state index is 12.5. The van der Waals surface area contributed by atoms with Gasteiger partial charge in [-0.1, -0.05) is 270 Å². The molecule has 0 radical (unpaired) electrons. The summed E-state index contributed by atoms with van der Waals surface area (Å²) in [5.41, 5.74) is 0. The summed E-state index contributed by atoms with van der Waals surface area (Å²) in [6.45, 7) is 4.93. The lowest BCUT2D eigenvalue weighted by Gasteiger charge is -2.22. The van der Waals surface area contributed by atoms with Gasteiger partial charge in [-0.3, -0.25) is 9.59 Å². The van der Waals surface area contributed by atoms with E-state index in [1.807, 2.05) is 0 Å². The predicted molar refractivity (Wildman–Crippen MR) is 278 cm³/mol. The number of carbonyl (C=O) groups is 2. The number of ether oxygens (including phenoxy) is 1. The van der Waals surface area contributed by atoms with E-state index in [9.17, 15) is 19.8 Å². The summed E-state index contributed by atoms with van der Waals surface area (Å²) >= 11 is 0. The number of allylic oxidation sites excluding steroid dienone is 2. The number of aliphatic hydroxyl groups is 2. The van der Waals surface area contributed by atoms with E-state index < -0.39 is 12.1 Å². The van der Waals surface area contributed by atoms with Crippen molar-refractivity contribution < 1.29 is 24.5 Å². The molecule has 3 N–H and O–H groups in total. The first-order valence-corrected chi connectivity index (χ1v) is 28.9. The van der Waals surface area contributed by atoms with Crippen molar-refractivity contribution in [1.29, 1.82) is 0 Å². The summed E-state index contributed by atoms with van der Waals surface area (Å²) in [7, 11) is 0. The molecule has 0 rings (SSSR count). The molecule has 0 aromatic rings. The Morgan fingerprint density at radius 2 is 0.734 bits per heavy atom. The van der Waals surface area contributed by atoms with E-state index in [-0.39, 0.29) is 18.5 Å². The Hall–Kier alpha value is -1.40. The van der Waals surface area contributed by atoms with Crippen LogP contribution >= 0.6 is 0 Å². The molecule has 0 aliphatic carbocycles. The van der Waals surface area contributed by atoms with Crippen LogP contribution in [-0.2, 0) is 14.3 Å². The molecular weight excluding hydrogens is 791 g/mol. The summed E-state index contributed by atoms with van der Waals surface area (Å²) in [6.07, 6.45) is 63.4. The fourth-order valence-corrected chi connectivity index (χ4v) is 9.11. The van der Waals surface area contributed by atoms with Crippen LogP contribution in [0.1, 0.15) is 322 Å². The number of amides is 1. The van der Waals surface area contributed by atoms with Gasteiger partial charge in [0.25, 0.3) is 0 Å². The lowest BCUT2D eigenvalue weighted by Crippen LogP contribution is -2.45. The molecule has 0 aromatic heterocycles. The van der Waals surface area contributed by atoms with E-state index in [1.165, 1.54) is 231 Å². The van der Waals surface area contributed by atoms with Gasteiger partial charge in [-0.2, -0.15) is 0 Å². The van der Waals surface area contributed by atoms with Crippen LogP contribution in [0, 0.1) is 0 Å². The molecule has 2 unspecified atom stereocenters. The molecule has 0 bridgehead atoms. The molecule has 0 heterocycles. The number of nitrogens with one attached hydrogen (secondary N) is 1. The van der Waals surface area contributed by atoms with Crippen LogP contribution in [-0.4, -0.2) is 47.4 Å². The monoisotopic (exact) mass is 904 g/mol. The van der Waals surface area contributed by atoms with Gasteiger partial charge < -0.3 is 20.3 Å². The topological polar surface area (TPSA) is 95.9 Å². The van der Waals surface area contributed by atoms with Crippen LogP contribution < -0.4 is 5.32 Å². The van der Waals surface area contributed by atoms with Crippen molar-refractivity contribution in [2.45, 2.75) is 334 Å². The van der Waals surface area contributed by atoms with E-state index in [2.05, 4.69) is 31.3 Å². The Labute approximate surface area is 399 Å². The molecule has 6 nitrogen and oxygen atoms in total. The maximum Gasteiger partial charge on any atom is 0.305 e. The molecule has 0 saturated carbocycles. The summed E-state index contributed by atoms with van der Waals surface area (Å²) in [5, 5.41) is 23.3. The van der Waals surface area contributed by atoms with Gasteiger partial charge in [-0.15, -0.1) is 0 Å². The molecule has 0 aliphatic heterocycles. The van der Waals surface area contributed by atoms with Crippen LogP contribution in [0.5, 0.6) is 0 Å². The van der Waals surface area contributed by atoms with Gasteiger partial charge in [-0.05, 0) is 51.4 Å². The second-order valence-corrected chi connectivity index (χ2v) is 20.0. The Kier molecular flexibility index (Phi) is 53.0. The maximum atomic E-state index is 12.5. The minimum absolute atomic E-state index is 0.0167. The van der Waals surface area contributed by atoms with E-state index in [1.54, 1.807) is 0 Å². The van der Waals surface area contributed by atoms with Gasteiger partial charge in [-0.25, -0.2) is 0 Å². The van der Waals surface area contributed by atoms with Crippen LogP contribution in [0.15, 0.2) is 12.2 Å². The van der Waals surface area contributed by atoms with Crippen LogP contribution in [0.25, 0.3) is 0 Å². The number of hydrogen-bond donors (Lipinski definition) is 3. The molecule has 0 aliphatic rings. The number of esters is 1. The molecule has 0 spiro atoms. The second-order valence-electron chi connectivity index (χ2n) is 20.0. The third-order valence-corrected chi connectivity index (χ3v) is 13.6. The van der Waals surface area contributed by atoms with Crippen LogP contribution in [0.4, 0.5) is 0 Å². The molecular formula is C58H113NO5. The predicted octanol–water partition coefficient (Wildman–Crippen LogP) is 17.7. The van der Waals surface area contributed by atoms with E-state index >= 15 is 0 Å². The molecule has 0 fully saturated rings. The van der Waals surface area contributed by atoms with Crippen molar-refractivity contribution in [3.8, 4) is 0 Å². The summed E-state index contributed by atoms with van der Waals surface area (Å²) in [5.74, 6) is -0.0643. The van der Waals surface area contributed by atoms with Crippen molar-refractivity contribution >= 4 is 11.9 Å². The molecule has 6 heteroatoms. The highest BCUT2D eigenvalue weighted by Crippen LogP contribution is 2.17. The minimum Gasteiger partial charge on any atom is -0.466 e. The van der Waals surface area contributed by atoms with E-state index in [4.69, 9.17) is 4.74 Å². The lowest BCUT2D eigenvalue weighted by atomic mass is 10.0. The first-order valence-electron chi connectivity index (χ1n) is 28.9. The van der Waals surface area contributed by atoms with Gasteiger partial charge in [0.1, 0.15) is 0 Å². The Balaban J connectivity index is 3.45. The standard InChI is InChI=1S/C58H113NO5/c1-3-5-7-9-11-13-15-17-19-20-21-22-23-24-25-26-30-34-38-42-46-50-56(61)55(54-60)59-57(62)51-47-43-39-35-31-28-29-33-37-41-45-49-53-64-58(63)52-48-44-40-36-32-27-18-16-14-12-10-8-6-4-2/h16,18,55-56,60-61H,3-15,17,19-54H2,1-2H3,(H,59,62)/b18-16-. The van der Waals surface area contributed by atoms with Crippen LogP contribution in [0.2, 0.25) is 0 Å². The minimum atomic E-state index is -0.675. The number of hydrogen-bond acceptors (Lipinski definition) is 5. The second kappa shape index (κ2) is 54.2. The van der Waals surface area contributed by atoms with Crippen molar-refractivity contribution in [1.82, 2.24) is 5.32 Å². The molecule has 0 saturated heterocycles. The first kappa shape index (κ1) is 62.6. The van der Waals surface area contributed by atoms with Gasteiger partial charge in [0.15, 0.2) is 0 Å². The van der Waals surface area contributed by atoms with Crippen molar-refractivity contribution in [3.63, 3.8) is 0 Å². The molecule has 0 aromatic carbocycles. The highest BCUT2D eigenvalue weighted by molar-refractivity contribution is 5.76. The lowest BCUT2D eigenvalue weighted by molar-refractivity contribution is -0.143. The summed E-state index contributed by atoms with van der Waals surface area (Å²) in [6, 6.07) is -0.553. The van der Waals surface area contributed by atoms with E-state index in [0.29, 0.717) is 25.9 Å². The molecule has 1 amide bonds. The summed E-state index contributed by atoms with van der Waals surface area (Å²) in [4.78, 5) is 24.5. The number of carbonyl (C=O) groups excluding carboxylic acids is 2. The zero-order valence-corrected chi connectivity index (χ0v) is 43.3. The Bertz CT molecular complexity index is 955. The van der Waals surface area contributed by atoms with Gasteiger partial charge in [0.05, 0.1) is 25.4 Å². The van der Waals surface area contributed by atoms with Gasteiger partial charge >= 0.3 is 5.97 Å². The normalized spacial score (nSPS) is 12.6. The van der Waals surface area contributed by atoms with Gasteiger partial charge in [0, 0.05) is 12.8 Å². The number of aliphatic hydroxyl groups excluding tert-OH is 2. The Morgan fingerprint density at radius 3 is 1.11 bits per heavy atom. The average Bonchev–Trinajstić information content (AvgIpc) is 3.29. The smallest absolute Gasteiger partial charge is 0.305 e. The highest BCUT2D eigenvalue weighted by atomic mass is 16.5. The third-order valence-electron chi connectivity index (χ3n) is 13.6. The van der Waals surface area contributed by atoms with Crippen molar-refractivity contribution in [2.24, 2.45) is 0 Å². The molecule has 64 heavy (non-hydrogen) atoms. The first-order chi connectivity index (χ1) is 31.5.